The second-order valence-corrected chi connectivity index (χ2v) is 4.82. The summed E-state index contributed by atoms with van der Waals surface area (Å²) in [5.41, 5.74) is 2.66. The average molecular weight is 246 g/mol. The van der Waals surface area contributed by atoms with Crippen molar-refractivity contribution >= 4 is 6.03 Å². The number of benzene rings is 1. The zero-order chi connectivity index (χ0) is 12.4. The Bertz CT molecular complexity index is 441. The molecule has 1 fully saturated rings. The summed E-state index contributed by atoms with van der Waals surface area (Å²) >= 11 is 0. The Hall–Kier alpha value is -1.55. The van der Waals surface area contributed by atoms with Gasteiger partial charge in [-0.25, -0.2) is 4.79 Å². The highest BCUT2D eigenvalue weighted by Crippen LogP contribution is 2.19. The lowest BCUT2D eigenvalue weighted by Gasteiger charge is -2.35. The minimum absolute atomic E-state index is 0.160. The van der Waals surface area contributed by atoms with Gasteiger partial charge in [0.2, 0.25) is 0 Å². The lowest BCUT2D eigenvalue weighted by molar-refractivity contribution is 0.0421. The van der Waals surface area contributed by atoms with Gasteiger partial charge in [-0.05, 0) is 17.5 Å². The molecule has 1 saturated heterocycles. The molecule has 0 radical (unpaired) electrons. The van der Waals surface area contributed by atoms with Gasteiger partial charge in [0.15, 0.2) is 0 Å². The molecule has 2 heterocycles. The molecule has 2 aliphatic rings. The normalized spacial score (nSPS) is 19.6. The van der Waals surface area contributed by atoms with E-state index in [1.165, 1.54) is 11.1 Å². The number of amides is 2. The van der Waals surface area contributed by atoms with Crippen LogP contribution < -0.4 is 0 Å². The molecule has 0 saturated carbocycles. The van der Waals surface area contributed by atoms with Crippen molar-refractivity contribution in [2.45, 2.75) is 13.0 Å². The summed E-state index contributed by atoms with van der Waals surface area (Å²) in [5.74, 6) is 0. The molecule has 0 atom stereocenters. The van der Waals surface area contributed by atoms with Crippen LogP contribution in [-0.2, 0) is 17.7 Å². The van der Waals surface area contributed by atoms with Crippen molar-refractivity contribution in [1.82, 2.24) is 9.80 Å². The fourth-order valence-electron chi connectivity index (χ4n) is 2.61. The number of hydrogen-bond donors (Lipinski definition) is 0. The monoisotopic (exact) mass is 246 g/mol. The van der Waals surface area contributed by atoms with E-state index in [0.29, 0.717) is 13.2 Å². The number of nitrogens with zero attached hydrogens (tertiary/aromatic N) is 2. The first kappa shape index (κ1) is 11.5. The molecule has 4 nitrogen and oxygen atoms in total. The summed E-state index contributed by atoms with van der Waals surface area (Å²) in [6, 6.07) is 8.55. The fourth-order valence-corrected chi connectivity index (χ4v) is 2.61. The number of urea groups is 1. The molecule has 1 aromatic carbocycles. The maximum Gasteiger partial charge on any atom is 0.320 e. The van der Waals surface area contributed by atoms with Crippen molar-refractivity contribution in [1.29, 1.82) is 0 Å². The van der Waals surface area contributed by atoms with Gasteiger partial charge in [-0.15, -0.1) is 0 Å². The van der Waals surface area contributed by atoms with E-state index in [2.05, 4.69) is 18.2 Å². The highest BCUT2D eigenvalue weighted by Gasteiger charge is 2.25. The fraction of sp³-hybridized carbons (Fsp3) is 0.500. The van der Waals surface area contributed by atoms with E-state index in [1.54, 1.807) is 0 Å². The van der Waals surface area contributed by atoms with Gasteiger partial charge in [0, 0.05) is 26.2 Å². The first-order valence-electron chi connectivity index (χ1n) is 6.53. The summed E-state index contributed by atoms with van der Waals surface area (Å²) in [6.45, 7) is 4.33. The van der Waals surface area contributed by atoms with Crippen LogP contribution in [0, 0.1) is 0 Å². The van der Waals surface area contributed by atoms with E-state index in [0.717, 1.165) is 32.6 Å². The predicted octanol–water partition coefficient (Wildman–Crippen LogP) is 1.50. The Morgan fingerprint density at radius 2 is 1.72 bits per heavy atom. The molecule has 0 N–H and O–H groups in total. The van der Waals surface area contributed by atoms with Crippen molar-refractivity contribution in [3.8, 4) is 0 Å². The van der Waals surface area contributed by atoms with Crippen molar-refractivity contribution < 1.29 is 9.53 Å². The summed E-state index contributed by atoms with van der Waals surface area (Å²) < 4.78 is 5.28. The zero-order valence-corrected chi connectivity index (χ0v) is 10.5. The number of carbonyl (C=O) groups is 1. The van der Waals surface area contributed by atoms with Gasteiger partial charge in [-0.3, -0.25) is 0 Å². The van der Waals surface area contributed by atoms with Gasteiger partial charge in [0.25, 0.3) is 0 Å². The molecule has 2 aliphatic heterocycles. The van der Waals surface area contributed by atoms with Crippen LogP contribution in [-0.4, -0.2) is 48.7 Å². The Kier molecular flexibility index (Phi) is 3.19. The van der Waals surface area contributed by atoms with Gasteiger partial charge in [0.05, 0.1) is 13.2 Å². The molecule has 0 spiro atoms. The van der Waals surface area contributed by atoms with Gasteiger partial charge < -0.3 is 14.5 Å². The summed E-state index contributed by atoms with van der Waals surface area (Å²) in [7, 11) is 0. The van der Waals surface area contributed by atoms with Crippen LogP contribution in [0.2, 0.25) is 0 Å². The average Bonchev–Trinajstić information content (AvgIpc) is 2.47. The SMILES string of the molecule is O=C(N1CCOCC1)N1CCc2ccccc2C1. The van der Waals surface area contributed by atoms with E-state index in [-0.39, 0.29) is 6.03 Å². The number of ether oxygens (including phenoxy) is 1. The van der Waals surface area contributed by atoms with Crippen LogP contribution in [0.25, 0.3) is 0 Å². The number of fused-ring (bicyclic) bond motifs is 1. The largest absolute Gasteiger partial charge is 0.378 e. The lowest BCUT2D eigenvalue weighted by Crippen LogP contribution is -2.49. The van der Waals surface area contributed by atoms with Crippen LogP contribution >= 0.6 is 0 Å². The predicted molar refractivity (Wildman–Crippen MR) is 68.3 cm³/mol. The smallest absolute Gasteiger partial charge is 0.320 e. The quantitative estimate of drug-likeness (QED) is 0.695. The molecule has 0 aliphatic carbocycles. The van der Waals surface area contributed by atoms with E-state index < -0.39 is 0 Å². The number of hydrogen-bond acceptors (Lipinski definition) is 2. The topological polar surface area (TPSA) is 32.8 Å². The van der Waals surface area contributed by atoms with Crippen LogP contribution in [0.1, 0.15) is 11.1 Å². The maximum absolute atomic E-state index is 12.4. The summed E-state index contributed by atoms with van der Waals surface area (Å²) in [5, 5.41) is 0. The number of morpholine rings is 1. The first-order valence-corrected chi connectivity index (χ1v) is 6.53. The molecule has 96 valence electrons. The van der Waals surface area contributed by atoms with E-state index in [1.807, 2.05) is 15.9 Å². The van der Waals surface area contributed by atoms with E-state index in [4.69, 9.17) is 4.74 Å². The Labute approximate surface area is 107 Å². The lowest BCUT2D eigenvalue weighted by atomic mass is 10.0. The molecular weight excluding hydrogens is 228 g/mol. The summed E-state index contributed by atoms with van der Waals surface area (Å²) in [6.07, 6.45) is 0.965. The molecule has 2 amide bonds. The molecule has 4 heteroatoms. The third-order valence-electron chi connectivity index (χ3n) is 3.68. The standard InChI is InChI=1S/C14H18N2O2/c17-14(15-7-9-18-10-8-15)16-6-5-12-3-1-2-4-13(12)11-16/h1-4H,5-11H2. The third-order valence-corrected chi connectivity index (χ3v) is 3.68. The minimum atomic E-state index is 0.160. The van der Waals surface area contributed by atoms with Crippen LogP contribution in [0.3, 0.4) is 0 Å². The van der Waals surface area contributed by atoms with E-state index >= 15 is 0 Å². The van der Waals surface area contributed by atoms with Crippen LogP contribution in [0.5, 0.6) is 0 Å². The van der Waals surface area contributed by atoms with Crippen molar-refractivity contribution in [2.24, 2.45) is 0 Å². The Morgan fingerprint density at radius 1 is 1.00 bits per heavy atom. The van der Waals surface area contributed by atoms with Crippen molar-refractivity contribution in [3.63, 3.8) is 0 Å². The second kappa shape index (κ2) is 4.98. The minimum Gasteiger partial charge on any atom is -0.378 e. The van der Waals surface area contributed by atoms with Gasteiger partial charge in [0.1, 0.15) is 0 Å². The Balaban J connectivity index is 1.69. The third kappa shape index (κ3) is 2.20. The maximum atomic E-state index is 12.4. The van der Waals surface area contributed by atoms with Gasteiger partial charge in [-0.2, -0.15) is 0 Å². The number of carbonyl (C=O) groups excluding carboxylic acids is 1. The molecule has 3 rings (SSSR count). The van der Waals surface area contributed by atoms with Crippen molar-refractivity contribution in [2.75, 3.05) is 32.8 Å². The van der Waals surface area contributed by atoms with Gasteiger partial charge >= 0.3 is 6.03 Å². The summed E-state index contributed by atoms with van der Waals surface area (Å²) in [4.78, 5) is 16.2. The highest BCUT2D eigenvalue weighted by molar-refractivity contribution is 5.75. The molecule has 0 unspecified atom stereocenters. The molecule has 0 bridgehead atoms. The molecule has 1 aromatic rings. The van der Waals surface area contributed by atoms with Crippen molar-refractivity contribution in [3.05, 3.63) is 35.4 Å². The Morgan fingerprint density at radius 3 is 2.50 bits per heavy atom. The molecule has 0 aromatic heterocycles. The number of rotatable bonds is 0. The van der Waals surface area contributed by atoms with Crippen LogP contribution in [0.4, 0.5) is 4.79 Å². The second-order valence-electron chi connectivity index (χ2n) is 4.82. The highest BCUT2D eigenvalue weighted by atomic mass is 16.5. The van der Waals surface area contributed by atoms with Crippen LogP contribution in [0.15, 0.2) is 24.3 Å². The molecule has 18 heavy (non-hydrogen) atoms. The first-order chi connectivity index (χ1) is 8.84. The zero-order valence-electron chi connectivity index (χ0n) is 10.5. The van der Waals surface area contributed by atoms with E-state index in [9.17, 15) is 4.79 Å². The van der Waals surface area contributed by atoms with Gasteiger partial charge in [-0.1, -0.05) is 24.3 Å². The molecular formula is C14H18N2O2.